The molecule has 3 aromatic rings. The van der Waals surface area contributed by atoms with Crippen LogP contribution in [0.1, 0.15) is 20.8 Å². The Morgan fingerprint density at radius 3 is 2.34 bits per heavy atom. The average Bonchev–Trinajstić information content (AvgIpc) is 3.13. The van der Waals surface area contributed by atoms with Gasteiger partial charge in [-0.25, -0.2) is 8.42 Å². The van der Waals surface area contributed by atoms with E-state index in [1.165, 1.54) is 24.3 Å². The fourth-order valence-corrected chi connectivity index (χ4v) is 4.01. The summed E-state index contributed by atoms with van der Waals surface area (Å²) in [4.78, 5) is 4.41. The van der Waals surface area contributed by atoms with E-state index >= 15 is 0 Å². The van der Waals surface area contributed by atoms with Crippen LogP contribution < -0.4 is 10.1 Å². The molecule has 3 rings (SSSR count). The Bertz CT molecular complexity index is 1060. The third-order valence-corrected chi connectivity index (χ3v) is 5.99. The van der Waals surface area contributed by atoms with E-state index < -0.39 is 9.84 Å². The Kier molecular flexibility index (Phi) is 6.49. The SMILES string of the molecule is CCOc1ccc(-c2nc(S(=O)(=O)c3ccc(Cl)cc3)c(NCC(C)C)o2)cc1. The maximum absolute atomic E-state index is 13.2. The van der Waals surface area contributed by atoms with E-state index in [1.54, 1.807) is 24.3 Å². The van der Waals surface area contributed by atoms with Crippen LogP contribution in [0.15, 0.2) is 62.9 Å². The van der Waals surface area contributed by atoms with Crippen molar-refractivity contribution in [2.45, 2.75) is 30.7 Å². The van der Waals surface area contributed by atoms with Crippen LogP contribution in [0.4, 0.5) is 5.88 Å². The summed E-state index contributed by atoms with van der Waals surface area (Å²) in [7, 11) is -3.89. The standard InChI is InChI=1S/C21H23ClN2O4S/c1-4-27-17-9-5-15(6-10-17)19-24-21(20(28-19)23-13-14(2)3)29(25,26)18-11-7-16(22)8-12-18/h5-12,14,23H,4,13H2,1-3H3. The molecule has 0 radical (unpaired) electrons. The van der Waals surface area contributed by atoms with Crippen LogP contribution in [-0.2, 0) is 9.84 Å². The van der Waals surface area contributed by atoms with Gasteiger partial charge in [-0.2, -0.15) is 4.98 Å². The van der Waals surface area contributed by atoms with Crippen molar-refractivity contribution in [1.29, 1.82) is 0 Å². The number of nitrogens with zero attached hydrogens (tertiary/aromatic N) is 1. The molecule has 0 saturated heterocycles. The number of nitrogens with one attached hydrogen (secondary N) is 1. The third kappa shape index (κ3) is 4.92. The molecule has 0 saturated carbocycles. The minimum atomic E-state index is -3.89. The van der Waals surface area contributed by atoms with Gasteiger partial charge in [0.15, 0.2) is 0 Å². The Morgan fingerprint density at radius 2 is 1.76 bits per heavy atom. The molecule has 0 aliphatic rings. The Morgan fingerprint density at radius 1 is 1.10 bits per heavy atom. The van der Waals surface area contributed by atoms with Crippen LogP contribution in [0.3, 0.4) is 0 Å². The topological polar surface area (TPSA) is 81.4 Å². The van der Waals surface area contributed by atoms with Crippen LogP contribution in [0.2, 0.25) is 5.02 Å². The predicted octanol–water partition coefficient (Wildman–Crippen LogP) is 5.29. The summed E-state index contributed by atoms with van der Waals surface area (Å²) >= 11 is 5.89. The number of hydrogen-bond acceptors (Lipinski definition) is 6. The van der Waals surface area contributed by atoms with Crippen molar-refractivity contribution in [3.05, 3.63) is 53.6 Å². The first-order valence-electron chi connectivity index (χ1n) is 9.30. The number of oxazole rings is 1. The normalized spacial score (nSPS) is 11.6. The van der Waals surface area contributed by atoms with E-state index in [9.17, 15) is 8.42 Å². The first-order chi connectivity index (χ1) is 13.8. The smallest absolute Gasteiger partial charge is 0.233 e. The van der Waals surface area contributed by atoms with Crippen LogP contribution >= 0.6 is 11.6 Å². The van der Waals surface area contributed by atoms with Gasteiger partial charge in [-0.05, 0) is 61.4 Å². The van der Waals surface area contributed by atoms with E-state index in [1.807, 2.05) is 20.8 Å². The zero-order chi connectivity index (χ0) is 21.0. The summed E-state index contributed by atoms with van der Waals surface area (Å²) < 4.78 is 37.6. The summed E-state index contributed by atoms with van der Waals surface area (Å²) in [5.41, 5.74) is 0.651. The molecule has 2 aromatic carbocycles. The van der Waals surface area contributed by atoms with E-state index in [0.717, 1.165) is 5.75 Å². The first kappa shape index (κ1) is 21.2. The molecule has 0 amide bonds. The first-order valence-corrected chi connectivity index (χ1v) is 11.2. The average molecular weight is 435 g/mol. The highest BCUT2D eigenvalue weighted by Gasteiger charge is 2.28. The van der Waals surface area contributed by atoms with Crippen LogP contribution in [0.25, 0.3) is 11.5 Å². The monoisotopic (exact) mass is 434 g/mol. The molecule has 0 bridgehead atoms. The molecular formula is C21H23ClN2O4S. The van der Waals surface area contributed by atoms with Crippen molar-refractivity contribution >= 4 is 27.3 Å². The highest BCUT2D eigenvalue weighted by Crippen LogP contribution is 2.33. The Balaban J connectivity index is 2.03. The molecule has 0 unspecified atom stereocenters. The molecule has 6 nitrogen and oxygen atoms in total. The van der Waals surface area contributed by atoms with Gasteiger partial charge in [-0.15, -0.1) is 0 Å². The van der Waals surface area contributed by atoms with Crippen LogP contribution in [-0.4, -0.2) is 26.6 Å². The third-order valence-electron chi connectivity index (χ3n) is 4.06. The molecule has 1 heterocycles. The fourth-order valence-electron chi connectivity index (χ4n) is 2.61. The van der Waals surface area contributed by atoms with Gasteiger partial charge in [0.25, 0.3) is 0 Å². The maximum Gasteiger partial charge on any atom is 0.233 e. The largest absolute Gasteiger partial charge is 0.494 e. The summed E-state index contributed by atoms with van der Waals surface area (Å²) in [5.74, 6) is 1.35. The number of aromatic nitrogens is 1. The molecule has 0 atom stereocenters. The van der Waals surface area contributed by atoms with Gasteiger partial charge in [0.05, 0.1) is 11.5 Å². The quantitative estimate of drug-likeness (QED) is 0.518. The van der Waals surface area contributed by atoms with Gasteiger partial charge in [-0.1, -0.05) is 25.4 Å². The number of benzene rings is 2. The second-order valence-electron chi connectivity index (χ2n) is 6.84. The number of hydrogen-bond donors (Lipinski definition) is 1. The fraction of sp³-hybridized carbons (Fsp3) is 0.286. The molecule has 0 aliphatic carbocycles. The molecule has 0 aliphatic heterocycles. The number of anilines is 1. The molecule has 1 N–H and O–H groups in total. The van der Waals surface area contributed by atoms with Crippen molar-refractivity contribution in [3.8, 4) is 17.2 Å². The lowest BCUT2D eigenvalue weighted by atomic mass is 10.2. The van der Waals surface area contributed by atoms with Crippen LogP contribution in [0, 0.1) is 5.92 Å². The summed E-state index contributed by atoms with van der Waals surface area (Å²) in [6, 6.07) is 13.1. The minimum absolute atomic E-state index is 0.0982. The lowest BCUT2D eigenvalue weighted by Gasteiger charge is -2.08. The number of rotatable bonds is 8. The molecule has 8 heteroatoms. The molecular weight excluding hydrogens is 412 g/mol. The van der Waals surface area contributed by atoms with E-state index in [0.29, 0.717) is 29.7 Å². The van der Waals surface area contributed by atoms with Crippen molar-refractivity contribution < 1.29 is 17.6 Å². The lowest BCUT2D eigenvalue weighted by Crippen LogP contribution is -2.11. The number of halogens is 1. The molecule has 1 aromatic heterocycles. The van der Waals surface area contributed by atoms with Crippen molar-refractivity contribution in [2.75, 3.05) is 18.5 Å². The Hall–Kier alpha value is -2.51. The highest BCUT2D eigenvalue weighted by molar-refractivity contribution is 7.91. The van der Waals surface area contributed by atoms with Gasteiger partial charge < -0.3 is 14.5 Å². The van der Waals surface area contributed by atoms with Gasteiger partial charge >= 0.3 is 0 Å². The number of sulfone groups is 1. The summed E-state index contributed by atoms with van der Waals surface area (Å²) in [6.45, 7) is 7.04. The zero-order valence-corrected chi connectivity index (χ0v) is 18.0. The second-order valence-corrected chi connectivity index (χ2v) is 9.14. The zero-order valence-electron chi connectivity index (χ0n) is 16.5. The second kappa shape index (κ2) is 8.88. The summed E-state index contributed by atoms with van der Waals surface area (Å²) in [6.07, 6.45) is 0. The molecule has 29 heavy (non-hydrogen) atoms. The van der Waals surface area contributed by atoms with Crippen LogP contribution in [0.5, 0.6) is 5.75 Å². The van der Waals surface area contributed by atoms with E-state index in [-0.39, 0.29) is 21.7 Å². The minimum Gasteiger partial charge on any atom is -0.494 e. The van der Waals surface area contributed by atoms with Crippen molar-refractivity contribution in [3.63, 3.8) is 0 Å². The maximum atomic E-state index is 13.2. The van der Waals surface area contributed by atoms with E-state index in [4.69, 9.17) is 20.8 Å². The lowest BCUT2D eigenvalue weighted by molar-refractivity contribution is 0.340. The highest BCUT2D eigenvalue weighted by atomic mass is 35.5. The molecule has 0 fully saturated rings. The number of ether oxygens (including phenoxy) is 1. The van der Waals surface area contributed by atoms with Crippen molar-refractivity contribution in [2.24, 2.45) is 5.92 Å². The Labute approximate surface area is 175 Å². The van der Waals surface area contributed by atoms with Gasteiger partial charge in [0.1, 0.15) is 5.75 Å². The molecule has 0 spiro atoms. The predicted molar refractivity (Wildman–Crippen MR) is 113 cm³/mol. The van der Waals surface area contributed by atoms with Crippen molar-refractivity contribution in [1.82, 2.24) is 4.98 Å². The summed E-state index contributed by atoms with van der Waals surface area (Å²) in [5, 5.41) is 3.37. The van der Waals surface area contributed by atoms with Gasteiger partial charge in [0, 0.05) is 17.1 Å². The molecule has 154 valence electrons. The van der Waals surface area contributed by atoms with E-state index in [2.05, 4.69) is 10.3 Å². The van der Waals surface area contributed by atoms with Gasteiger partial charge in [-0.3, -0.25) is 0 Å². The van der Waals surface area contributed by atoms with Gasteiger partial charge in [0.2, 0.25) is 26.6 Å².